The molecule has 0 fully saturated rings. The number of amides is 1. The van der Waals surface area contributed by atoms with Gasteiger partial charge in [0.1, 0.15) is 5.75 Å². The number of benzene rings is 2. The van der Waals surface area contributed by atoms with Gasteiger partial charge in [0, 0.05) is 18.4 Å². The molecule has 2 aromatic rings. The Morgan fingerprint density at radius 3 is 2.46 bits per heavy atom. The summed E-state index contributed by atoms with van der Waals surface area (Å²) in [7, 11) is 0.222. The summed E-state index contributed by atoms with van der Waals surface area (Å²) in [6, 6.07) is 13.8. The molecule has 0 unspecified atom stereocenters. The maximum atomic E-state index is 12.3. The van der Waals surface area contributed by atoms with Crippen LogP contribution in [0.4, 0.5) is 0 Å². The van der Waals surface area contributed by atoms with Gasteiger partial charge in [0.15, 0.2) is 6.10 Å². The van der Waals surface area contributed by atoms with Crippen molar-refractivity contribution >= 4 is 22.7 Å². The average molecular weight is 375 g/mol. The minimum Gasteiger partial charge on any atom is -0.496 e. The van der Waals surface area contributed by atoms with E-state index in [0.717, 1.165) is 5.56 Å². The van der Waals surface area contributed by atoms with Crippen LogP contribution >= 0.6 is 0 Å². The standard InChI is InChI=1S/C19H21NO5S/c1-13(18(21)20-12-14-8-4-6-10-16(14)24-2)25-19(22)15-9-5-7-11-17(15)26(3)23/h4-11,13H,12H2,1-3H3,(H,20,21)/t13-,26-/m0/s1. The third-order valence-electron chi connectivity index (χ3n) is 3.72. The van der Waals surface area contributed by atoms with E-state index < -0.39 is 28.8 Å². The van der Waals surface area contributed by atoms with E-state index >= 15 is 0 Å². The number of methoxy groups -OCH3 is 1. The summed E-state index contributed by atoms with van der Waals surface area (Å²) in [5, 5.41) is 2.71. The molecular formula is C19H21NO5S. The van der Waals surface area contributed by atoms with Crippen molar-refractivity contribution in [3.63, 3.8) is 0 Å². The predicted molar refractivity (Wildman–Crippen MR) is 98.5 cm³/mol. The van der Waals surface area contributed by atoms with Gasteiger partial charge in [-0.2, -0.15) is 0 Å². The van der Waals surface area contributed by atoms with Crippen molar-refractivity contribution in [3.8, 4) is 5.75 Å². The van der Waals surface area contributed by atoms with Crippen molar-refractivity contribution in [1.29, 1.82) is 0 Å². The quantitative estimate of drug-likeness (QED) is 0.751. The van der Waals surface area contributed by atoms with E-state index in [9.17, 15) is 13.8 Å². The molecule has 2 atom stereocenters. The lowest BCUT2D eigenvalue weighted by Crippen LogP contribution is -2.35. The van der Waals surface area contributed by atoms with Gasteiger partial charge in [0.05, 0.1) is 28.4 Å². The maximum absolute atomic E-state index is 12.3. The Morgan fingerprint density at radius 1 is 1.12 bits per heavy atom. The van der Waals surface area contributed by atoms with Gasteiger partial charge in [0.2, 0.25) is 0 Å². The Bertz CT molecular complexity index is 821. The first-order valence-corrected chi connectivity index (χ1v) is 9.53. The Hall–Kier alpha value is -2.67. The van der Waals surface area contributed by atoms with E-state index in [2.05, 4.69) is 5.32 Å². The number of rotatable bonds is 7. The number of esters is 1. The topological polar surface area (TPSA) is 81.7 Å². The molecule has 0 spiro atoms. The van der Waals surface area contributed by atoms with Crippen LogP contribution in [0.1, 0.15) is 22.8 Å². The van der Waals surface area contributed by atoms with Crippen molar-refractivity contribution < 1.29 is 23.3 Å². The minimum atomic E-state index is -1.33. The van der Waals surface area contributed by atoms with Gasteiger partial charge in [-0.15, -0.1) is 0 Å². The molecule has 0 heterocycles. The highest BCUT2D eigenvalue weighted by Crippen LogP contribution is 2.17. The first-order chi connectivity index (χ1) is 12.4. The molecule has 0 radical (unpaired) electrons. The van der Waals surface area contributed by atoms with Gasteiger partial charge < -0.3 is 14.8 Å². The van der Waals surface area contributed by atoms with Gasteiger partial charge in [0.25, 0.3) is 5.91 Å². The lowest BCUT2D eigenvalue weighted by molar-refractivity contribution is -0.129. The zero-order valence-electron chi connectivity index (χ0n) is 14.9. The fourth-order valence-corrected chi connectivity index (χ4v) is 3.07. The van der Waals surface area contributed by atoms with E-state index in [4.69, 9.17) is 9.47 Å². The van der Waals surface area contributed by atoms with Crippen LogP contribution < -0.4 is 10.1 Å². The summed E-state index contributed by atoms with van der Waals surface area (Å²) in [5.74, 6) is -0.452. The molecule has 7 heteroatoms. The normalized spacial score (nSPS) is 12.7. The molecule has 0 saturated carbocycles. The molecule has 0 aliphatic carbocycles. The number of carbonyl (C=O) groups is 2. The van der Waals surface area contributed by atoms with Gasteiger partial charge >= 0.3 is 5.97 Å². The number of nitrogens with one attached hydrogen (secondary N) is 1. The smallest absolute Gasteiger partial charge is 0.340 e. The Morgan fingerprint density at radius 2 is 1.77 bits per heavy atom. The molecule has 1 N–H and O–H groups in total. The summed E-state index contributed by atoms with van der Waals surface area (Å²) in [6.45, 7) is 1.74. The van der Waals surface area contributed by atoms with Crippen molar-refractivity contribution in [2.24, 2.45) is 0 Å². The fraction of sp³-hybridized carbons (Fsp3) is 0.263. The van der Waals surface area contributed by atoms with Crippen LogP contribution in [0.25, 0.3) is 0 Å². The van der Waals surface area contributed by atoms with Gasteiger partial charge in [-0.05, 0) is 25.1 Å². The lowest BCUT2D eigenvalue weighted by Gasteiger charge is -2.15. The average Bonchev–Trinajstić information content (AvgIpc) is 2.66. The van der Waals surface area contributed by atoms with E-state index in [1.807, 2.05) is 18.2 Å². The van der Waals surface area contributed by atoms with Crippen molar-refractivity contribution in [2.45, 2.75) is 24.5 Å². The van der Waals surface area contributed by atoms with Crippen LogP contribution in [0.3, 0.4) is 0 Å². The summed E-state index contributed by atoms with van der Waals surface area (Å²) < 4.78 is 22.2. The third kappa shape index (κ3) is 4.92. The number of ether oxygens (including phenoxy) is 2. The molecule has 0 aromatic heterocycles. The third-order valence-corrected chi connectivity index (χ3v) is 4.69. The highest BCUT2D eigenvalue weighted by atomic mass is 32.2. The number of carbonyl (C=O) groups excluding carboxylic acids is 2. The summed E-state index contributed by atoms with van der Waals surface area (Å²) in [6.07, 6.45) is 0.491. The maximum Gasteiger partial charge on any atom is 0.340 e. The fourth-order valence-electron chi connectivity index (χ4n) is 2.34. The van der Waals surface area contributed by atoms with E-state index in [-0.39, 0.29) is 12.1 Å². The lowest BCUT2D eigenvalue weighted by atomic mass is 10.2. The summed E-state index contributed by atoms with van der Waals surface area (Å²) in [5.41, 5.74) is 1.01. The number of hydrogen-bond acceptors (Lipinski definition) is 5. The molecule has 2 rings (SSSR count). The van der Waals surface area contributed by atoms with Crippen LogP contribution in [0.2, 0.25) is 0 Å². The van der Waals surface area contributed by atoms with Crippen molar-refractivity contribution in [1.82, 2.24) is 5.32 Å². The molecule has 26 heavy (non-hydrogen) atoms. The van der Waals surface area contributed by atoms with E-state index in [1.54, 1.807) is 31.4 Å². The van der Waals surface area contributed by atoms with Crippen LogP contribution in [-0.4, -0.2) is 35.6 Å². The number of hydrogen-bond donors (Lipinski definition) is 1. The largest absolute Gasteiger partial charge is 0.496 e. The second-order valence-corrected chi connectivity index (χ2v) is 6.88. The van der Waals surface area contributed by atoms with Gasteiger partial charge in [-0.25, -0.2) is 4.79 Å². The highest BCUT2D eigenvalue weighted by molar-refractivity contribution is 7.84. The Labute approximate surface area is 155 Å². The van der Waals surface area contributed by atoms with Crippen LogP contribution in [0.15, 0.2) is 53.4 Å². The van der Waals surface area contributed by atoms with E-state index in [0.29, 0.717) is 10.6 Å². The summed E-state index contributed by atoms with van der Waals surface area (Å²) in [4.78, 5) is 24.9. The highest BCUT2D eigenvalue weighted by Gasteiger charge is 2.21. The molecule has 0 aliphatic heterocycles. The molecule has 0 aliphatic rings. The van der Waals surface area contributed by atoms with Gasteiger partial charge in [-0.3, -0.25) is 9.00 Å². The van der Waals surface area contributed by atoms with Crippen LogP contribution in [-0.2, 0) is 26.9 Å². The zero-order chi connectivity index (χ0) is 19.1. The first kappa shape index (κ1) is 19.7. The molecular weight excluding hydrogens is 354 g/mol. The molecule has 6 nitrogen and oxygen atoms in total. The predicted octanol–water partition coefficient (Wildman–Crippen LogP) is 2.29. The molecule has 1 amide bonds. The van der Waals surface area contributed by atoms with E-state index in [1.165, 1.54) is 19.2 Å². The van der Waals surface area contributed by atoms with Crippen LogP contribution in [0.5, 0.6) is 5.75 Å². The van der Waals surface area contributed by atoms with Crippen molar-refractivity contribution in [3.05, 3.63) is 59.7 Å². The monoisotopic (exact) mass is 375 g/mol. The number of para-hydroxylation sites is 1. The minimum absolute atomic E-state index is 0.192. The summed E-state index contributed by atoms with van der Waals surface area (Å²) >= 11 is 0. The van der Waals surface area contributed by atoms with Crippen molar-refractivity contribution in [2.75, 3.05) is 13.4 Å². The second-order valence-electron chi connectivity index (χ2n) is 5.53. The Kier molecular flexibility index (Phi) is 6.91. The molecule has 0 saturated heterocycles. The first-order valence-electron chi connectivity index (χ1n) is 7.97. The van der Waals surface area contributed by atoms with Gasteiger partial charge in [-0.1, -0.05) is 30.3 Å². The Balaban J connectivity index is 1.99. The zero-order valence-corrected chi connectivity index (χ0v) is 15.7. The SMILES string of the molecule is COc1ccccc1CNC(=O)[C@H](C)OC(=O)c1ccccc1[S@](C)=O. The molecule has 138 valence electrons. The molecule has 2 aromatic carbocycles. The molecule has 0 bridgehead atoms. The van der Waals surface area contributed by atoms with Crippen LogP contribution in [0, 0.1) is 0 Å². The second kappa shape index (κ2) is 9.15.